The lowest BCUT2D eigenvalue weighted by molar-refractivity contribution is 0.0952. The zero-order chi connectivity index (χ0) is 12.0. The predicted octanol–water partition coefficient (Wildman–Crippen LogP) is 3.55. The van der Waals surface area contributed by atoms with Crippen molar-refractivity contribution in [3.05, 3.63) is 34.3 Å². The summed E-state index contributed by atoms with van der Waals surface area (Å²) in [6.07, 6.45) is 2.06. The van der Waals surface area contributed by atoms with Gasteiger partial charge in [0, 0.05) is 22.5 Å². The summed E-state index contributed by atoms with van der Waals surface area (Å²) >= 11 is 9.18. The zero-order valence-corrected chi connectivity index (χ0v) is 11.6. The maximum absolute atomic E-state index is 11.8. The number of aryl methyl sites for hydroxylation is 1. The minimum Gasteiger partial charge on any atom is -0.352 e. The van der Waals surface area contributed by atoms with Gasteiger partial charge in [-0.25, -0.2) is 0 Å². The minimum absolute atomic E-state index is 0.0243. The van der Waals surface area contributed by atoms with Gasteiger partial charge in [0.1, 0.15) is 0 Å². The van der Waals surface area contributed by atoms with Gasteiger partial charge in [0.05, 0.1) is 0 Å². The lowest BCUT2D eigenvalue weighted by Crippen LogP contribution is -2.25. The molecular formula is C12H15BrClNO. The van der Waals surface area contributed by atoms with E-state index in [1.807, 2.05) is 6.92 Å². The fraction of sp³-hybridized carbons (Fsp3) is 0.417. The molecule has 0 aliphatic heterocycles. The lowest BCUT2D eigenvalue weighted by atomic mass is 10.1. The van der Waals surface area contributed by atoms with Crippen molar-refractivity contribution < 1.29 is 4.79 Å². The van der Waals surface area contributed by atoms with E-state index in [-0.39, 0.29) is 5.91 Å². The molecule has 4 heteroatoms. The maximum Gasteiger partial charge on any atom is 0.251 e. The molecule has 1 N–H and O–H groups in total. The number of unbranched alkanes of at least 4 members (excludes halogenated alkanes) is 1. The second kappa shape index (κ2) is 6.92. The summed E-state index contributed by atoms with van der Waals surface area (Å²) in [5, 5.41) is 4.53. The van der Waals surface area contributed by atoms with Gasteiger partial charge in [0.15, 0.2) is 0 Å². The molecule has 0 atom stereocenters. The highest BCUT2D eigenvalue weighted by Gasteiger charge is 2.07. The van der Waals surface area contributed by atoms with Gasteiger partial charge in [-0.05, 0) is 43.5 Å². The van der Waals surface area contributed by atoms with Crippen LogP contribution in [0.5, 0.6) is 0 Å². The molecule has 0 aliphatic rings. The van der Waals surface area contributed by atoms with Crippen LogP contribution in [0.1, 0.15) is 28.8 Å². The quantitative estimate of drug-likeness (QED) is 0.654. The predicted molar refractivity (Wildman–Crippen MR) is 71.6 cm³/mol. The molecule has 1 rings (SSSR count). The highest BCUT2D eigenvalue weighted by Crippen LogP contribution is 2.14. The number of halogens is 2. The van der Waals surface area contributed by atoms with Crippen LogP contribution in [0, 0.1) is 6.92 Å². The zero-order valence-electron chi connectivity index (χ0n) is 9.22. The van der Waals surface area contributed by atoms with Crippen molar-refractivity contribution >= 4 is 33.4 Å². The van der Waals surface area contributed by atoms with Crippen LogP contribution in [0.15, 0.2) is 18.2 Å². The van der Waals surface area contributed by atoms with Crippen LogP contribution < -0.4 is 5.32 Å². The summed E-state index contributed by atoms with van der Waals surface area (Å²) < 4.78 is 0. The Balaban J connectivity index is 2.53. The number of benzene rings is 1. The van der Waals surface area contributed by atoms with E-state index in [2.05, 4.69) is 21.2 Å². The molecule has 0 heterocycles. The van der Waals surface area contributed by atoms with Gasteiger partial charge in [-0.3, -0.25) is 4.79 Å². The van der Waals surface area contributed by atoms with Crippen molar-refractivity contribution in [2.45, 2.75) is 19.8 Å². The van der Waals surface area contributed by atoms with E-state index < -0.39 is 0 Å². The van der Waals surface area contributed by atoms with E-state index in [1.54, 1.807) is 18.2 Å². The van der Waals surface area contributed by atoms with Crippen LogP contribution >= 0.6 is 27.5 Å². The van der Waals surface area contributed by atoms with Crippen LogP contribution in [0.3, 0.4) is 0 Å². The Morgan fingerprint density at radius 2 is 2.19 bits per heavy atom. The van der Waals surface area contributed by atoms with E-state index in [4.69, 9.17) is 11.6 Å². The number of carbonyl (C=O) groups excluding carboxylic acids is 1. The summed E-state index contributed by atoms with van der Waals surface area (Å²) in [4.78, 5) is 11.8. The van der Waals surface area contributed by atoms with Crippen LogP contribution in [0.4, 0.5) is 0 Å². The summed E-state index contributed by atoms with van der Waals surface area (Å²) in [6, 6.07) is 5.30. The molecule has 2 nitrogen and oxygen atoms in total. The molecule has 88 valence electrons. The van der Waals surface area contributed by atoms with Crippen LogP contribution in [-0.4, -0.2) is 17.8 Å². The second-order valence-corrected chi connectivity index (χ2v) is 4.84. The molecule has 0 fully saturated rings. The maximum atomic E-state index is 11.8. The van der Waals surface area contributed by atoms with E-state index >= 15 is 0 Å². The summed E-state index contributed by atoms with van der Waals surface area (Å²) in [5.41, 5.74) is 1.61. The first-order valence-electron chi connectivity index (χ1n) is 5.25. The molecule has 0 saturated carbocycles. The Kier molecular flexibility index (Phi) is 5.85. The third kappa shape index (κ3) is 4.14. The van der Waals surface area contributed by atoms with Gasteiger partial charge in [-0.1, -0.05) is 27.5 Å². The van der Waals surface area contributed by atoms with Gasteiger partial charge in [0.2, 0.25) is 0 Å². The first-order valence-corrected chi connectivity index (χ1v) is 6.75. The van der Waals surface area contributed by atoms with Gasteiger partial charge < -0.3 is 5.32 Å². The highest BCUT2D eigenvalue weighted by molar-refractivity contribution is 9.09. The average Bonchev–Trinajstić information content (AvgIpc) is 2.24. The van der Waals surface area contributed by atoms with Crippen molar-refractivity contribution in [3.63, 3.8) is 0 Å². The standard InChI is InChI=1S/C12H15BrClNO/c1-9-8-10(14)4-5-11(9)12(16)15-7-3-2-6-13/h4-5,8H,2-3,6-7H2,1H3,(H,15,16). The van der Waals surface area contributed by atoms with Gasteiger partial charge in [-0.2, -0.15) is 0 Å². The molecule has 0 unspecified atom stereocenters. The number of alkyl halides is 1. The fourth-order valence-corrected chi connectivity index (χ4v) is 2.02. The van der Waals surface area contributed by atoms with Crippen molar-refractivity contribution in [1.29, 1.82) is 0 Å². The molecule has 16 heavy (non-hydrogen) atoms. The normalized spacial score (nSPS) is 10.2. The number of hydrogen-bond acceptors (Lipinski definition) is 1. The largest absolute Gasteiger partial charge is 0.352 e. The Morgan fingerprint density at radius 3 is 2.81 bits per heavy atom. The summed E-state index contributed by atoms with van der Waals surface area (Å²) in [6.45, 7) is 2.60. The number of rotatable bonds is 5. The third-order valence-electron chi connectivity index (χ3n) is 2.28. The molecule has 1 aromatic rings. The van der Waals surface area contributed by atoms with E-state index in [0.717, 1.165) is 23.7 Å². The molecule has 0 aromatic heterocycles. The monoisotopic (exact) mass is 303 g/mol. The number of amides is 1. The Hall–Kier alpha value is -0.540. The minimum atomic E-state index is -0.0243. The van der Waals surface area contributed by atoms with E-state index in [9.17, 15) is 4.79 Å². The molecule has 0 aliphatic carbocycles. The number of hydrogen-bond donors (Lipinski definition) is 1. The molecule has 1 amide bonds. The third-order valence-corrected chi connectivity index (χ3v) is 3.07. The van der Waals surface area contributed by atoms with E-state index in [0.29, 0.717) is 17.1 Å². The Morgan fingerprint density at radius 1 is 1.44 bits per heavy atom. The Bertz CT molecular complexity index is 368. The first-order chi connectivity index (χ1) is 7.65. The smallest absolute Gasteiger partial charge is 0.251 e. The average molecular weight is 305 g/mol. The molecule has 0 spiro atoms. The fourth-order valence-electron chi connectivity index (χ4n) is 1.40. The second-order valence-electron chi connectivity index (χ2n) is 3.61. The first kappa shape index (κ1) is 13.5. The highest BCUT2D eigenvalue weighted by atomic mass is 79.9. The topological polar surface area (TPSA) is 29.1 Å². The SMILES string of the molecule is Cc1cc(Cl)ccc1C(=O)NCCCCBr. The molecular weight excluding hydrogens is 289 g/mol. The van der Waals surface area contributed by atoms with Gasteiger partial charge in [-0.15, -0.1) is 0 Å². The number of nitrogens with one attached hydrogen (secondary N) is 1. The van der Waals surface area contributed by atoms with Gasteiger partial charge in [0.25, 0.3) is 5.91 Å². The van der Waals surface area contributed by atoms with Crippen LogP contribution in [-0.2, 0) is 0 Å². The van der Waals surface area contributed by atoms with Crippen LogP contribution in [0.25, 0.3) is 0 Å². The molecule has 0 saturated heterocycles. The number of carbonyl (C=O) groups is 1. The van der Waals surface area contributed by atoms with Crippen molar-refractivity contribution in [2.75, 3.05) is 11.9 Å². The van der Waals surface area contributed by atoms with E-state index in [1.165, 1.54) is 0 Å². The van der Waals surface area contributed by atoms with Gasteiger partial charge >= 0.3 is 0 Å². The Labute approximate surface area is 110 Å². The molecule has 0 radical (unpaired) electrons. The summed E-state index contributed by atoms with van der Waals surface area (Å²) in [5.74, 6) is -0.0243. The lowest BCUT2D eigenvalue weighted by Gasteiger charge is -2.07. The molecule has 0 bridgehead atoms. The summed E-state index contributed by atoms with van der Waals surface area (Å²) in [7, 11) is 0. The van der Waals surface area contributed by atoms with Crippen LogP contribution in [0.2, 0.25) is 5.02 Å². The molecule has 1 aromatic carbocycles. The van der Waals surface area contributed by atoms with Crippen molar-refractivity contribution in [3.8, 4) is 0 Å². The van der Waals surface area contributed by atoms with Crippen molar-refractivity contribution in [2.24, 2.45) is 0 Å². The van der Waals surface area contributed by atoms with Crippen molar-refractivity contribution in [1.82, 2.24) is 5.32 Å².